The van der Waals surface area contributed by atoms with Crippen molar-refractivity contribution in [1.82, 2.24) is 10.2 Å². The first kappa shape index (κ1) is 18.5. The molecule has 0 aromatic heterocycles. The summed E-state index contributed by atoms with van der Waals surface area (Å²) >= 11 is 0. The number of benzene rings is 1. The van der Waals surface area contributed by atoms with Gasteiger partial charge in [-0.05, 0) is 24.6 Å². The van der Waals surface area contributed by atoms with Crippen molar-refractivity contribution >= 4 is 11.9 Å². The Morgan fingerprint density at radius 2 is 1.88 bits per heavy atom. The van der Waals surface area contributed by atoms with E-state index >= 15 is 0 Å². The molecule has 0 spiro atoms. The van der Waals surface area contributed by atoms with E-state index < -0.39 is 5.54 Å². The van der Waals surface area contributed by atoms with E-state index in [9.17, 15) is 9.59 Å². The molecule has 0 bridgehead atoms. The normalized spacial score (nSPS) is 24.5. The number of imide groups is 1. The van der Waals surface area contributed by atoms with Crippen LogP contribution in [0.5, 0.6) is 5.75 Å². The van der Waals surface area contributed by atoms with Gasteiger partial charge in [0.05, 0.1) is 20.3 Å². The van der Waals surface area contributed by atoms with E-state index in [0.29, 0.717) is 25.6 Å². The molecular formula is C16H22ClN3O4. The number of hydrogen-bond donors (Lipinski definition) is 2. The van der Waals surface area contributed by atoms with Gasteiger partial charge in [-0.2, -0.15) is 0 Å². The number of morpholine rings is 1. The Morgan fingerprint density at radius 1 is 1.25 bits per heavy atom. The van der Waals surface area contributed by atoms with E-state index in [1.54, 1.807) is 26.2 Å². The molecule has 8 heteroatoms. The summed E-state index contributed by atoms with van der Waals surface area (Å²) in [5.74, 6) is 0.496. The highest BCUT2D eigenvalue weighted by atomic mass is 35.5. The van der Waals surface area contributed by atoms with Crippen molar-refractivity contribution < 1.29 is 36.4 Å². The Bertz CT molecular complexity index is 604. The molecule has 0 saturated carbocycles. The highest BCUT2D eigenvalue weighted by Crippen LogP contribution is 2.29. The molecule has 1 unspecified atom stereocenters. The monoisotopic (exact) mass is 355 g/mol. The van der Waals surface area contributed by atoms with Gasteiger partial charge in [0.2, 0.25) is 0 Å². The lowest BCUT2D eigenvalue weighted by molar-refractivity contribution is -0.915. The fourth-order valence-corrected chi connectivity index (χ4v) is 3.00. The zero-order chi connectivity index (χ0) is 16.4. The third kappa shape index (κ3) is 3.33. The van der Waals surface area contributed by atoms with Gasteiger partial charge in [-0.25, -0.2) is 9.69 Å². The minimum Gasteiger partial charge on any atom is -1.00 e. The van der Waals surface area contributed by atoms with Crippen molar-refractivity contribution in [2.45, 2.75) is 12.5 Å². The molecule has 2 fully saturated rings. The van der Waals surface area contributed by atoms with Crippen molar-refractivity contribution in [3.05, 3.63) is 29.8 Å². The summed E-state index contributed by atoms with van der Waals surface area (Å²) in [6, 6.07) is 6.85. The second kappa shape index (κ2) is 7.38. The van der Waals surface area contributed by atoms with Crippen LogP contribution in [0.15, 0.2) is 24.3 Å². The van der Waals surface area contributed by atoms with Gasteiger partial charge in [0.1, 0.15) is 24.4 Å². The molecule has 3 rings (SSSR count). The maximum atomic E-state index is 12.8. The Morgan fingerprint density at radius 3 is 2.46 bits per heavy atom. The molecule has 1 atom stereocenters. The van der Waals surface area contributed by atoms with Gasteiger partial charge in [-0.15, -0.1) is 0 Å². The average molecular weight is 356 g/mol. The van der Waals surface area contributed by atoms with Crippen LogP contribution >= 0.6 is 0 Å². The SMILES string of the molecule is COc1ccc(C2(C)NC(=O)N(C[NH+]3CCOCC3)C2=O)cc1.[Cl-]. The van der Waals surface area contributed by atoms with Crippen molar-refractivity contribution in [2.24, 2.45) is 0 Å². The van der Waals surface area contributed by atoms with Crippen LogP contribution in [0.1, 0.15) is 12.5 Å². The molecule has 1 aromatic rings. The second-order valence-electron chi connectivity index (χ2n) is 6.04. The largest absolute Gasteiger partial charge is 1.00 e. The number of hydrogen-bond acceptors (Lipinski definition) is 4. The maximum absolute atomic E-state index is 12.8. The zero-order valence-electron chi connectivity index (χ0n) is 13.8. The van der Waals surface area contributed by atoms with E-state index in [4.69, 9.17) is 9.47 Å². The Hall–Kier alpha value is -1.83. The van der Waals surface area contributed by atoms with Crippen LogP contribution in [-0.4, -0.2) is 56.9 Å². The predicted octanol–water partition coefficient (Wildman–Crippen LogP) is -3.66. The van der Waals surface area contributed by atoms with Gasteiger partial charge in [0.25, 0.3) is 5.91 Å². The van der Waals surface area contributed by atoms with Gasteiger partial charge < -0.3 is 32.1 Å². The van der Waals surface area contributed by atoms with Crippen molar-refractivity contribution in [1.29, 1.82) is 0 Å². The van der Waals surface area contributed by atoms with E-state index in [1.165, 1.54) is 9.80 Å². The molecule has 7 nitrogen and oxygen atoms in total. The molecule has 0 radical (unpaired) electrons. The summed E-state index contributed by atoms with van der Waals surface area (Å²) in [6.45, 7) is 5.04. The van der Waals surface area contributed by atoms with E-state index in [0.717, 1.165) is 18.7 Å². The molecular weight excluding hydrogens is 334 g/mol. The maximum Gasteiger partial charge on any atom is 0.329 e. The average Bonchev–Trinajstić information content (AvgIpc) is 2.80. The summed E-state index contributed by atoms with van der Waals surface area (Å²) in [4.78, 5) is 27.6. The van der Waals surface area contributed by atoms with Gasteiger partial charge >= 0.3 is 6.03 Å². The van der Waals surface area contributed by atoms with Gasteiger partial charge in [-0.3, -0.25) is 4.79 Å². The number of rotatable bonds is 4. The highest BCUT2D eigenvalue weighted by molar-refractivity contribution is 6.07. The summed E-state index contributed by atoms with van der Waals surface area (Å²) in [6.07, 6.45) is 0. The standard InChI is InChI=1S/C16H21N3O4.ClH/c1-16(12-3-5-13(22-2)6-4-12)14(20)19(15(21)17-16)11-18-7-9-23-10-8-18;/h3-6H,7-11H2,1-2H3,(H,17,21);1H. The lowest BCUT2D eigenvalue weighted by atomic mass is 9.92. The predicted molar refractivity (Wildman–Crippen MR) is 82.1 cm³/mol. The van der Waals surface area contributed by atoms with Gasteiger partial charge in [0.15, 0.2) is 6.67 Å². The number of quaternary nitrogens is 1. The van der Waals surface area contributed by atoms with E-state index in [1.807, 2.05) is 12.1 Å². The third-order valence-electron chi connectivity index (χ3n) is 4.52. The number of urea groups is 1. The first-order chi connectivity index (χ1) is 11.0. The van der Waals surface area contributed by atoms with Crippen molar-refractivity contribution in [3.8, 4) is 5.75 Å². The summed E-state index contributed by atoms with van der Waals surface area (Å²) in [5.41, 5.74) is -0.286. The van der Waals surface area contributed by atoms with E-state index in [2.05, 4.69) is 5.32 Å². The molecule has 132 valence electrons. The summed E-state index contributed by atoms with van der Waals surface area (Å²) < 4.78 is 10.4. The van der Waals surface area contributed by atoms with Crippen molar-refractivity contribution in [3.63, 3.8) is 0 Å². The smallest absolute Gasteiger partial charge is 0.329 e. The number of methoxy groups -OCH3 is 1. The molecule has 3 amide bonds. The van der Waals surface area contributed by atoms with Crippen LogP contribution < -0.4 is 27.4 Å². The molecule has 2 saturated heterocycles. The first-order valence-electron chi connectivity index (χ1n) is 7.74. The van der Waals surface area contributed by atoms with Crippen LogP contribution in [0.4, 0.5) is 4.79 Å². The zero-order valence-corrected chi connectivity index (χ0v) is 14.6. The summed E-state index contributed by atoms with van der Waals surface area (Å²) in [7, 11) is 1.59. The second-order valence-corrected chi connectivity index (χ2v) is 6.04. The number of halogens is 1. The Balaban J connectivity index is 0.00000208. The quantitative estimate of drug-likeness (QED) is 0.546. The molecule has 0 aliphatic carbocycles. The fourth-order valence-electron chi connectivity index (χ4n) is 3.00. The topological polar surface area (TPSA) is 72.3 Å². The van der Waals surface area contributed by atoms with E-state index in [-0.39, 0.29) is 24.3 Å². The minimum atomic E-state index is -1.03. The van der Waals surface area contributed by atoms with Gasteiger partial charge in [0, 0.05) is 0 Å². The molecule has 1 aromatic carbocycles. The van der Waals surface area contributed by atoms with Gasteiger partial charge in [-0.1, -0.05) is 12.1 Å². The molecule has 24 heavy (non-hydrogen) atoms. The lowest BCUT2D eigenvalue weighted by Crippen LogP contribution is -3.15. The minimum absolute atomic E-state index is 0. The summed E-state index contributed by atoms with van der Waals surface area (Å²) in [5, 5.41) is 2.83. The van der Waals surface area contributed by atoms with Crippen molar-refractivity contribution in [2.75, 3.05) is 40.1 Å². The van der Waals surface area contributed by atoms with Crippen LogP contribution in [0, 0.1) is 0 Å². The molecule has 2 heterocycles. The molecule has 2 aliphatic heterocycles. The Kier molecular flexibility index (Phi) is 5.69. The number of amides is 3. The number of ether oxygens (including phenoxy) is 2. The fraction of sp³-hybridized carbons (Fsp3) is 0.500. The van der Waals surface area contributed by atoms with Crippen LogP contribution in [-0.2, 0) is 15.1 Å². The van der Waals surface area contributed by atoms with Crippen LogP contribution in [0.2, 0.25) is 0 Å². The highest BCUT2D eigenvalue weighted by Gasteiger charge is 2.50. The van der Waals surface area contributed by atoms with Crippen LogP contribution in [0.25, 0.3) is 0 Å². The Labute approximate surface area is 147 Å². The number of carbonyl (C=O) groups is 2. The molecule has 2 aliphatic rings. The lowest BCUT2D eigenvalue weighted by Gasteiger charge is -2.27. The molecule has 2 N–H and O–H groups in total. The first-order valence-corrected chi connectivity index (χ1v) is 7.74. The third-order valence-corrected chi connectivity index (χ3v) is 4.52. The number of nitrogens with zero attached hydrogens (tertiary/aromatic N) is 1. The number of nitrogens with one attached hydrogen (secondary N) is 2. The number of carbonyl (C=O) groups excluding carboxylic acids is 2. The van der Waals surface area contributed by atoms with Crippen LogP contribution in [0.3, 0.4) is 0 Å².